The van der Waals surface area contributed by atoms with E-state index in [2.05, 4.69) is 17.5 Å². The van der Waals surface area contributed by atoms with Crippen LogP contribution in [0.4, 0.5) is 5.69 Å². The molecule has 1 aromatic carbocycles. The molecule has 0 unspecified atom stereocenters. The molecule has 0 fully saturated rings. The number of benzene rings is 1. The molecule has 0 atom stereocenters. The van der Waals surface area contributed by atoms with Crippen LogP contribution in [0, 0.1) is 11.3 Å². The second-order valence-corrected chi connectivity index (χ2v) is 4.98. The van der Waals surface area contributed by atoms with Crippen LogP contribution in [0.1, 0.15) is 11.1 Å². The summed E-state index contributed by atoms with van der Waals surface area (Å²) in [6.07, 6.45) is 0. The molecule has 2 rings (SSSR count). The van der Waals surface area contributed by atoms with Crippen LogP contribution in [0.25, 0.3) is 0 Å². The van der Waals surface area contributed by atoms with E-state index < -0.39 is 0 Å². The second-order valence-electron chi connectivity index (χ2n) is 3.76. The number of hydrogen-bond acceptors (Lipinski definition) is 3. The first-order valence-corrected chi connectivity index (χ1v) is 6.44. The zero-order valence-corrected chi connectivity index (χ0v) is 10.9. The average molecular weight is 263 g/mol. The van der Waals surface area contributed by atoms with Crippen molar-refractivity contribution in [2.75, 3.05) is 11.9 Å². The van der Waals surface area contributed by atoms with Gasteiger partial charge in [-0.2, -0.15) is 16.6 Å². The summed E-state index contributed by atoms with van der Waals surface area (Å²) < 4.78 is 0. The lowest BCUT2D eigenvalue weighted by Crippen LogP contribution is -2.17. The number of nitrogens with zero attached hydrogens (tertiary/aromatic N) is 2. The Morgan fingerprint density at radius 1 is 1.41 bits per heavy atom. The Labute approximate surface area is 110 Å². The topological polar surface area (TPSA) is 27.0 Å². The van der Waals surface area contributed by atoms with Crippen molar-refractivity contribution in [1.82, 2.24) is 0 Å². The Morgan fingerprint density at radius 2 is 2.24 bits per heavy atom. The van der Waals surface area contributed by atoms with Crippen molar-refractivity contribution in [3.63, 3.8) is 0 Å². The van der Waals surface area contributed by atoms with Crippen LogP contribution >= 0.6 is 22.9 Å². The molecule has 0 spiro atoms. The fraction of sp³-hybridized carbons (Fsp3) is 0.154. The van der Waals surface area contributed by atoms with Crippen LogP contribution < -0.4 is 4.90 Å². The van der Waals surface area contributed by atoms with Crippen molar-refractivity contribution in [3.8, 4) is 6.07 Å². The molecule has 0 aliphatic rings. The minimum Gasteiger partial charge on any atom is -0.369 e. The first-order chi connectivity index (χ1) is 8.20. The zero-order chi connectivity index (χ0) is 12.3. The first kappa shape index (κ1) is 12.0. The van der Waals surface area contributed by atoms with Crippen LogP contribution in [0.2, 0.25) is 5.02 Å². The Balaban J connectivity index is 2.27. The van der Waals surface area contributed by atoms with E-state index in [1.54, 1.807) is 23.5 Å². The second kappa shape index (κ2) is 5.22. The average Bonchev–Trinajstić information content (AvgIpc) is 2.81. The predicted octanol–water partition coefficient (Wildman–Crippen LogP) is 3.91. The summed E-state index contributed by atoms with van der Waals surface area (Å²) >= 11 is 7.64. The molecule has 2 aromatic rings. The van der Waals surface area contributed by atoms with Gasteiger partial charge >= 0.3 is 0 Å². The summed E-state index contributed by atoms with van der Waals surface area (Å²) in [6.45, 7) is 0.776. The van der Waals surface area contributed by atoms with Gasteiger partial charge in [-0.25, -0.2) is 0 Å². The van der Waals surface area contributed by atoms with Crippen molar-refractivity contribution in [2.24, 2.45) is 0 Å². The van der Waals surface area contributed by atoms with Gasteiger partial charge < -0.3 is 4.90 Å². The maximum atomic E-state index is 9.07. The molecular formula is C13H11ClN2S. The molecule has 0 radical (unpaired) electrons. The number of anilines is 1. The molecule has 0 aliphatic heterocycles. The summed E-state index contributed by atoms with van der Waals surface area (Å²) in [5.41, 5.74) is 2.75. The number of thiophene rings is 1. The van der Waals surface area contributed by atoms with Gasteiger partial charge in [0.1, 0.15) is 6.07 Å². The molecule has 1 aromatic heterocycles. The lowest BCUT2D eigenvalue weighted by Gasteiger charge is -2.20. The molecule has 2 nitrogen and oxygen atoms in total. The Bertz CT molecular complexity index is 543. The van der Waals surface area contributed by atoms with E-state index in [1.807, 2.05) is 23.4 Å². The Morgan fingerprint density at radius 3 is 2.88 bits per heavy atom. The van der Waals surface area contributed by atoms with Crippen LogP contribution in [0.5, 0.6) is 0 Å². The monoisotopic (exact) mass is 262 g/mol. The van der Waals surface area contributed by atoms with Crippen molar-refractivity contribution < 1.29 is 0 Å². The van der Waals surface area contributed by atoms with E-state index in [0.29, 0.717) is 10.6 Å². The van der Waals surface area contributed by atoms with Crippen molar-refractivity contribution in [1.29, 1.82) is 5.26 Å². The molecule has 0 amide bonds. The number of nitriles is 1. The number of hydrogen-bond donors (Lipinski definition) is 0. The van der Waals surface area contributed by atoms with E-state index >= 15 is 0 Å². The molecule has 0 aliphatic carbocycles. The van der Waals surface area contributed by atoms with Gasteiger partial charge in [0, 0.05) is 18.6 Å². The lowest BCUT2D eigenvalue weighted by atomic mass is 10.1. The fourth-order valence-electron chi connectivity index (χ4n) is 1.66. The summed E-state index contributed by atoms with van der Waals surface area (Å²) in [5, 5.41) is 13.9. The van der Waals surface area contributed by atoms with Crippen LogP contribution in [0.15, 0.2) is 35.0 Å². The van der Waals surface area contributed by atoms with Crippen LogP contribution in [-0.2, 0) is 6.54 Å². The van der Waals surface area contributed by atoms with Crippen LogP contribution in [0.3, 0.4) is 0 Å². The van der Waals surface area contributed by atoms with Gasteiger partial charge in [-0.1, -0.05) is 11.6 Å². The number of halogens is 1. The molecule has 0 bridgehead atoms. The van der Waals surface area contributed by atoms with Crippen molar-refractivity contribution >= 4 is 28.6 Å². The quantitative estimate of drug-likeness (QED) is 0.839. The molecule has 0 N–H and O–H groups in total. The third kappa shape index (κ3) is 2.79. The number of rotatable bonds is 3. The van der Waals surface area contributed by atoms with E-state index in [0.717, 1.165) is 12.2 Å². The Hall–Kier alpha value is -1.50. The third-order valence-electron chi connectivity index (χ3n) is 2.49. The highest BCUT2D eigenvalue weighted by Crippen LogP contribution is 2.25. The van der Waals surface area contributed by atoms with Crippen molar-refractivity contribution in [2.45, 2.75) is 6.54 Å². The van der Waals surface area contributed by atoms with Gasteiger partial charge in [0.25, 0.3) is 0 Å². The molecule has 4 heteroatoms. The molecule has 0 saturated heterocycles. The summed E-state index contributed by atoms with van der Waals surface area (Å²) in [7, 11) is 1.96. The van der Waals surface area contributed by atoms with E-state index in [9.17, 15) is 0 Å². The predicted molar refractivity (Wildman–Crippen MR) is 72.6 cm³/mol. The van der Waals surface area contributed by atoms with E-state index in [4.69, 9.17) is 16.9 Å². The van der Waals surface area contributed by atoms with Gasteiger partial charge in [-0.05, 0) is 40.6 Å². The standard InChI is InChI=1S/C13H11ClN2S/c1-16(8-10-4-5-17-9-10)13-6-12(14)3-2-11(13)7-15/h2-6,9H,8H2,1H3. The summed E-state index contributed by atoms with van der Waals surface area (Å²) in [5.74, 6) is 0. The molecular weight excluding hydrogens is 252 g/mol. The lowest BCUT2D eigenvalue weighted by molar-refractivity contribution is 0.925. The highest BCUT2D eigenvalue weighted by atomic mass is 35.5. The summed E-state index contributed by atoms with van der Waals surface area (Å²) in [4.78, 5) is 2.03. The zero-order valence-electron chi connectivity index (χ0n) is 9.35. The SMILES string of the molecule is CN(Cc1ccsc1)c1cc(Cl)ccc1C#N. The minimum absolute atomic E-state index is 0.645. The molecule has 86 valence electrons. The van der Waals surface area contributed by atoms with Crippen LogP contribution in [-0.4, -0.2) is 7.05 Å². The highest BCUT2D eigenvalue weighted by Gasteiger charge is 2.08. The molecule has 17 heavy (non-hydrogen) atoms. The van der Waals surface area contributed by atoms with Gasteiger partial charge in [0.15, 0.2) is 0 Å². The maximum Gasteiger partial charge on any atom is 0.101 e. The normalized spacial score (nSPS) is 9.94. The van der Waals surface area contributed by atoms with Crippen molar-refractivity contribution in [3.05, 3.63) is 51.2 Å². The highest BCUT2D eigenvalue weighted by molar-refractivity contribution is 7.07. The smallest absolute Gasteiger partial charge is 0.101 e. The van der Waals surface area contributed by atoms with Gasteiger partial charge in [0.05, 0.1) is 11.3 Å². The Kier molecular flexibility index (Phi) is 3.68. The molecule has 1 heterocycles. The maximum absolute atomic E-state index is 9.07. The fourth-order valence-corrected chi connectivity index (χ4v) is 2.48. The third-order valence-corrected chi connectivity index (χ3v) is 3.46. The van der Waals surface area contributed by atoms with Gasteiger partial charge in [-0.15, -0.1) is 0 Å². The van der Waals surface area contributed by atoms with E-state index in [1.165, 1.54) is 5.56 Å². The van der Waals surface area contributed by atoms with Gasteiger partial charge in [-0.3, -0.25) is 0 Å². The van der Waals surface area contributed by atoms with Gasteiger partial charge in [0.2, 0.25) is 0 Å². The minimum atomic E-state index is 0.645. The van der Waals surface area contributed by atoms with E-state index in [-0.39, 0.29) is 0 Å². The first-order valence-electron chi connectivity index (χ1n) is 5.12. The largest absolute Gasteiger partial charge is 0.369 e. The molecule has 0 saturated carbocycles. The summed E-state index contributed by atoms with van der Waals surface area (Å²) in [6, 6.07) is 9.58.